The van der Waals surface area contributed by atoms with Gasteiger partial charge in [-0.3, -0.25) is 14.3 Å². The zero-order valence-corrected chi connectivity index (χ0v) is 10.4. The van der Waals surface area contributed by atoms with Crippen LogP contribution < -0.4 is 11.2 Å². The highest BCUT2D eigenvalue weighted by molar-refractivity contribution is 6.29. The van der Waals surface area contributed by atoms with E-state index in [1.54, 1.807) is 0 Å². The lowest BCUT2D eigenvalue weighted by Gasteiger charge is -2.44. The number of halogens is 2. The summed E-state index contributed by atoms with van der Waals surface area (Å²) in [6, 6.07) is -0.240. The Morgan fingerprint density at radius 2 is 1.94 bits per heavy atom. The van der Waals surface area contributed by atoms with Crippen molar-refractivity contribution in [1.29, 1.82) is 0 Å². The molecule has 0 radical (unpaired) electrons. The van der Waals surface area contributed by atoms with E-state index in [2.05, 4.69) is 9.88 Å². The summed E-state index contributed by atoms with van der Waals surface area (Å²) in [7, 11) is 0. The van der Waals surface area contributed by atoms with E-state index in [0.717, 1.165) is 30.5 Å². The van der Waals surface area contributed by atoms with Gasteiger partial charge in [0, 0.05) is 6.54 Å². The molecule has 1 N–H and O–H groups in total. The van der Waals surface area contributed by atoms with Gasteiger partial charge in [0.2, 0.25) is 5.82 Å². The van der Waals surface area contributed by atoms with Gasteiger partial charge >= 0.3 is 5.69 Å². The van der Waals surface area contributed by atoms with E-state index < -0.39 is 22.2 Å². The first-order valence-electron chi connectivity index (χ1n) is 6.00. The van der Waals surface area contributed by atoms with Gasteiger partial charge in [0.05, 0.1) is 6.04 Å². The Morgan fingerprint density at radius 3 is 2.50 bits per heavy atom. The average Bonchev–Trinajstić information content (AvgIpc) is 2.38. The lowest BCUT2D eigenvalue weighted by molar-refractivity contribution is 0.0526. The molecule has 0 aliphatic carbocycles. The average molecular weight is 274 g/mol. The zero-order valence-electron chi connectivity index (χ0n) is 9.66. The number of nitrogens with zero attached hydrogens (tertiary/aromatic N) is 2. The van der Waals surface area contributed by atoms with Gasteiger partial charge in [0.15, 0.2) is 5.15 Å². The molecule has 1 atom stereocenters. The normalized spacial score (nSPS) is 30.7. The van der Waals surface area contributed by atoms with Gasteiger partial charge in [0.25, 0.3) is 5.56 Å². The molecule has 3 aliphatic heterocycles. The van der Waals surface area contributed by atoms with Crippen LogP contribution in [-0.4, -0.2) is 34.1 Å². The molecule has 3 fully saturated rings. The molecule has 3 aliphatic rings. The molecule has 3 saturated heterocycles. The maximum absolute atomic E-state index is 13.5. The highest BCUT2D eigenvalue weighted by Crippen LogP contribution is 2.34. The van der Waals surface area contributed by atoms with Crippen LogP contribution in [0.3, 0.4) is 0 Å². The van der Waals surface area contributed by atoms with Crippen LogP contribution in [0, 0.1) is 11.7 Å². The standard InChI is InChI=1S/C11H13ClFN3O2/c12-9-8(13)10(17)16(11(18)14-9)7-5-15-3-1-6(7)2-4-15/h6-7H,1-5H2,(H,14,18). The van der Waals surface area contributed by atoms with Crippen molar-refractivity contribution in [3.63, 3.8) is 0 Å². The maximum atomic E-state index is 13.5. The Hall–Kier alpha value is -1.14. The summed E-state index contributed by atoms with van der Waals surface area (Å²) in [5, 5.41) is -0.512. The Bertz CT molecular complexity index is 589. The number of nitrogens with one attached hydrogen (secondary N) is 1. The van der Waals surface area contributed by atoms with Crippen LogP contribution in [0.15, 0.2) is 9.59 Å². The highest BCUT2D eigenvalue weighted by atomic mass is 35.5. The van der Waals surface area contributed by atoms with E-state index in [1.807, 2.05) is 0 Å². The molecule has 0 saturated carbocycles. The fourth-order valence-corrected chi connectivity index (χ4v) is 3.19. The Labute approximate surface area is 107 Å². The Balaban J connectivity index is 2.10. The molecule has 7 heteroatoms. The van der Waals surface area contributed by atoms with Crippen molar-refractivity contribution in [1.82, 2.24) is 14.5 Å². The van der Waals surface area contributed by atoms with Crippen LogP contribution in [0.1, 0.15) is 18.9 Å². The van der Waals surface area contributed by atoms with Gasteiger partial charge in [-0.15, -0.1) is 0 Å². The molecule has 4 rings (SSSR count). The van der Waals surface area contributed by atoms with E-state index >= 15 is 0 Å². The van der Waals surface area contributed by atoms with Gasteiger partial charge < -0.3 is 4.90 Å². The second-order valence-corrected chi connectivity index (χ2v) is 5.32. The molecule has 1 aromatic rings. The third-order valence-electron chi connectivity index (χ3n) is 3.99. The lowest BCUT2D eigenvalue weighted by atomic mass is 9.84. The molecule has 1 unspecified atom stereocenters. The SMILES string of the molecule is O=c1[nH]c(Cl)c(F)c(=O)n1C1CN2CCC1CC2. The number of piperidine rings is 3. The number of fused-ring (bicyclic) bond motifs is 3. The fraction of sp³-hybridized carbons (Fsp3) is 0.636. The zero-order chi connectivity index (χ0) is 12.9. The predicted octanol–water partition coefficient (Wildman–Crippen LogP) is 0.596. The van der Waals surface area contributed by atoms with Gasteiger partial charge in [-0.1, -0.05) is 11.6 Å². The number of H-pyrrole nitrogens is 1. The van der Waals surface area contributed by atoms with E-state index in [0.29, 0.717) is 6.54 Å². The summed E-state index contributed by atoms with van der Waals surface area (Å²) in [5.74, 6) is -0.804. The molecule has 0 spiro atoms. The van der Waals surface area contributed by atoms with Crippen LogP contribution in [-0.2, 0) is 0 Å². The Morgan fingerprint density at radius 1 is 1.28 bits per heavy atom. The largest absolute Gasteiger partial charge is 0.329 e. The van der Waals surface area contributed by atoms with E-state index in [1.165, 1.54) is 0 Å². The van der Waals surface area contributed by atoms with Crippen molar-refractivity contribution in [2.75, 3.05) is 19.6 Å². The number of hydrogen-bond donors (Lipinski definition) is 1. The lowest BCUT2D eigenvalue weighted by Crippen LogP contribution is -2.53. The summed E-state index contributed by atoms with van der Waals surface area (Å²) in [5.41, 5.74) is -1.53. The quantitative estimate of drug-likeness (QED) is 0.762. The van der Waals surface area contributed by atoms with E-state index in [4.69, 9.17) is 11.6 Å². The van der Waals surface area contributed by atoms with Crippen molar-refractivity contribution in [2.24, 2.45) is 5.92 Å². The summed E-state index contributed by atoms with van der Waals surface area (Å²) >= 11 is 5.45. The van der Waals surface area contributed by atoms with Gasteiger partial charge in [-0.25, -0.2) is 4.79 Å². The minimum Gasteiger partial charge on any atom is -0.301 e. The second-order valence-electron chi connectivity index (χ2n) is 4.94. The van der Waals surface area contributed by atoms with Gasteiger partial charge in [-0.2, -0.15) is 4.39 Å². The molecule has 1 aromatic heterocycles. The maximum Gasteiger partial charge on any atom is 0.329 e. The minimum atomic E-state index is -1.08. The van der Waals surface area contributed by atoms with Crippen molar-refractivity contribution in [2.45, 2.75) is 18.9 Å². The van der Waals surface area contributed by atoms with E-state index in [-0.39, 0.29) is 12.0 Å². The van der Waals surface area contributed by atoms with E-state index in [9.17, 15) is 14.0 Å². The van der Waals surface area contributed by atoms with Crippen LogP contribution in [0.4, 0.5) is 4.39 Å². The summed E-state index contributed by atoms with van der Waals surface area (Å²) in [4.78, 5) is 28.1. The first kappa shape index (κ1) is 11.9. The van der Waals surface area contributed by atoms with Crippen LogP contribution in [0.2, 0.25) is 5.15 Å². The molecule has 0 aromatic carbocycles. The molecule has 18 heavy (non-hydrogen) atoms. The topological polar surface area (TPSA) is 58.1 Å². The highest BCUT2D eigenvalue weighted by Gasteiger charge is 2.37. The Kier molecular flexibility index (Phi) is 2.79. The summed E-state index contributed by atoms with van der Waals surface area (Å²) < 4.78 is 14.5. The first-order chi connectivity index (χ1) is 8.58. The fourth-order valence-electron chi connectivity index (χ4n) is 3.03. The first-order valence-corrected chi connectivity index (χ1v) is 6.38. The van der Waals surface area contributed by atoms with Gasteiger partial charge in [-0.05, 0) is 31.8 Å². The summed E-state index contributed by atoms with van der Waals surface area (Å²) in [6.45, 7) is 2.61. The molecule has 2 bridgehead atoms. The van der Waals surface area contributed by atoms with Gasteiger partial charge in [0.1, 0.15) is 0 Å². The molecule has 4 heterocycles. The molecule has 5 nitrogen and oxygen atoms in total. The number of rotatable bonds is 1. The third kappa shape index (κ3) is 1.71. The summed E-state index contributed by atoms with van der Waals surface area (Å²) in [6.07, 6.45) is 1.89. The predicted molar refractivity (Wildman–Crippen MR) is 64.5 cm³/mol. The minimum absolute atomic E-state index is 0.240. The second kappa shape index (κ2) is 4.20. The smallest absolute Gasteiger partial charge is 0.301 e. The van der Waals surface area contributed by atoms with Crippen molar-refractivity contribution >= 4 is 11.6 Å². The number of aromatic amines is 1. The molecular weight excluding hydrogens is 261 g/mol. The molecule has 98 valence electrons. The van der Waals surface area contributed by atoms with Crippen molar-refractivity contribution in [3.8, 4) is 0 Å². The van der Waals surface area contributed by atoms with Crippen LogP contribution in [0.25, 0.3) is 0 Å². The van der Waals surface area contributed by atoms with Crippen molar-refractivity contribution in [3.05, 3.63) is 31.8 Å². The van der Waals surface area contributed by atoms with Crippen molar-refractivity contribution < 1.29 is 4.39 Å². The third-order valence-corrected chi connectivity index (χ3v) is 4.25. The molecular formula is C11H13ClFN3O2. The number of aromatic nitrogens is 2. The number of hydrogen-bond acceptors (Lipinski definition) is 3. The van der Waals surface area contributed by atoms with Crippen LogP contribution in [0.5, 0.6) is 0 Å². The van der Waals surface area contributed by atoms with Crippen LogP contribution >= 0.6 is 11.6 Å². The monoisotopic (exact) mass is 273 g/mol. The molecule has 0 amide bonds.